The fourth-order valence-corrected chi connectivity index (χ4v) is 5.53. The van der Waals surface area contributed by atoms with Crippen LogP contribution in [0.5, 0.6) is 0 Å². The highest BCUT2D eigenvalue weighted by atomic mass is 32.2. The molecule has 1 unspecified atom stereocenters. The average molecular weight is 328 g/mol. The van der Waals surface area contributed by atoms with Gasteiger partial charge in [-0.25, -0.2) is 8.42 Å². The van der Waals surface area contributed by atoms with Crippen LogP contribution in [0, 0.1) is 0 Å². The summed E-state index contributed by atoms with van der Waals surface area (Å²) in [5.41, 5.74) is 0. The molecule has 116 valence electrons. The van der Waals surface area contributed by atoms with Crippen LogP contribution >= 0.6 is 11.3 Å². The second-order valence-corrected chi connectivity index (χ2v) is 8.99. The molecule has 3 heterocycles. The van der Waals surface area contributed by atoms with E-state index in [9.17, 15) is 13.2 Å². The number of thiophene rings is 1. The molecule has 0 radical (unpaired) electrons. The van der Waals surface area contributed by atoms with Crippen LogP contribution in [-0.2, 0) is 21.1 Å². The van der Waals surface area contributed by atoms with Crippen molar-refractivity contribution in [3.8, 4) is 0 Å². The van der Waals surface area contributed by atoms with Crippen LogP contribution in [0.2, 0.25) is 0 Å². The van der Waals surface area contributed by atoms with E-state index in [0.717, 1.165) is 24.4 Å². The average Bonchev–Trinajstić information content (AvgIpc) is 3.08. The SMILES string of the molecule is O=C(Cc1cccs1)N1CCN(C2CCS(=O)(=O)C2)CC1. The molecule has 0 N–H and O–H groups in total. The zero-order valence-corrected chi connectivity index (χ0v) is 13.5. The molecule has 2 aliphatic rings. The predicted octanol–water partition coefficient (Wildman–Crippen LogP) is 0.622. The van der Waals surface area contributed by atoms with Gasteiger partial charge in [0.15, 0.2) is 9.84 Å². The van der Waals surface area contributed by atoms with Crippen LogP contribution in [0.25, 0.3) is 0 Å². The van der Waals surface area contributed by atoms with Gasteiger partial charge in [0.2, 0.25) is 5.91 Å². The lowest BCUT2D eigenvalue weighted by Crippen LogP contribution is -2.52. The molecule has 3 rings (SSSR count). The van der Waals surface area contributed by atoms with E-state index < -0.39 is 9.84 Å². The third kappa shape index (κ3) is 3.64. The van der Waals surface area contributed by atoms with Crippen LogP contribution in [0.1, 0.15) is 11.3 Å². The quantitative estimate of drug-likeness (QED) is 0.816. The molecule has 0 spiro atoms. The molecule has 1 aromatic heterocycles. The molecule has 1 aromatic rings. The summed E-state index contributed by atoms with van der Waals surface area (Å²) in [6.07, 6.45) is 1.22. The maximum Gasteiger partial charge on any atom is 0.227 e. The first-order chi connectivity index (χ1) is 10.0. The van der Waals surface area contributed by atoms with Crippen LogP contribution < -0.4 is 0 Å². The van der Waals surface area contributed by atoms with Crippen molar-refractivity contribution >= 4 is 27.1 Å². The molecule has 21 heavy (non-hydrogen) atoms. The van der Waals surface area contributed by atoms with Gasteiger partial charge < -0.3 is 4.90 Å². The number of piperazine rings is 1. The van der Waals surface area contributed by atoms with Crippen molar-refractivity contribution in [2.75, 3.05) is 37.7 Å². The number of nitrogens with zero attached hydrogens (tertiary/aromatic N) is 2. The smallest absolute Gasteiger partial charge is 0.227 e. The van der Waals surface area contributed by atoms with Crippen LogP contribution in [0.15, 0.2) is 17.5 Å². The minimum absolute atomic E-state index is 0.157. The molecule has 1 atom stereocenters. The molecule has 2 saturated heterocycles. The van der Waals surface area contributed by atoms with Crippen LogP contribution in [-0.4, -0.2) is 67.9 Å². The van der Waals surface area contributed by atoms with E-state index in [1.165, 1.54) is 0 Å². The number of hydrogen-bond donors (Lipinski definition) is 0. The minimum Gasteiger partial charge on any atom is -0.340 e. The van der Waals surface area contributed by atoms with E-state index in [4.69, 9.17) is 0 Å². The molecule has 7 heteroatoms. The Morgan fingerprint density at radius 2 is 2.05 bits per heavy atom. The molecule has 0 bridgehead atoms. The molecule has 5 nitrogen and oxygen atoms in total. The van der Waals surface area contributed by atoms with E-state index in [1.54, 1.807) is 11.3 Å². The van der Waals surface area contributed by atoms with Crippen molar-refractivity contribution in [2.45, 2.75) is 18.9 Å². The first kappa shape index (κ1) is 15.0. The van der Waals surface area contributed by atoms with Crippen molar-refractivity contribution < 1.29 is 13.2 Å². The van der Waals surface area contributed by atoms with Gasteiger partial charge in [-0.05, 0) is 17.9 Å². The van der Waals surface area contributed by atoms with E-state index in [2.05, 4.69) is 4.90 Å². The highest BCUT2D eigenvalue weighted by molar-refractivity contribution is 7.91. The van der Waals surface area contributed by atoms with Gasteiger partial charge in [-0.1, -0.05) is 6.07 Å². The van der Waals surface area contributed by atoms with Crippen molar-refractivity contribution in [3.05, 3.63) is 22.4 Å². The maximum atomic E-state index is 12.2. The van der Waals surface area contributed by atoms with Gasteiger partial charge >= 0.3 is 0 Å². The summed E-state index contributed by atoms with van der Waals surface area (Å²) in [6, 6.07) is 4.11. The summed E-state index contributed by atoms with van der Waals surface area (Å²) in [5.74, 6) is 0.779. The number of sulfone groups is 1. The van der Waals surface area contributed by atoms with Gasteiger partial charge in [0.1, 0.15) is 0 Å². The monoisotopic (exact) mass is 328 g/mol. The van der Waals surface area contributed by atoms with Crippen LogP contribution in [0.3, 0.4) is 0 Å². The Balaban J connectivity index is 1.50. The number of carbonyl (C=O) groups excluding carboxylic acids is 1. The van der Waals surface area contributed by atoms with E-state index in [-0.39, 0.29) is 17.7 Å². The summed E-state index contributed by atoms with van der Waals surface area (Å²) in [4.78, 5) is 17.5. The zero-order chi connectivity index (χ0) is 14.9. The Morgan fingerprint density at radius 1 is 1.29 bits per heavy atom. The lowest BCUT2D eigenvalue weighted by Gasteiger charge is -2.37. The van der Waals surface area contributed by atoms with Crippen LogP contribution in [0.4, 0.5) is 0 Å². The Hall–Kier alpha value is -0.920. The molecule has 0 aromatic carbocycles. The number of hydrogen-bond acceptors (Lipinski definition) is 5. The normalized spacial score (nSPS) is 26.1. The van der Waals surface area contributed by atoms with Crippen molar-refractivity contribution in [1.29, 1.82) is 0 Å². The summed E-state index contributed by atoms with van der Waals surface area (Å²) < 4.78 is 23.1. The number of amides is 1. The van der Waals surface area contributed by atoms with Gasteiger partial charge in [-0.15, -0.1) is 11.3 Å². The fourth-order valence-electron chi connectivity index (χ4n) is 3.07. The molecular weight excluding hydrogens is 308 g/mol. The Morgan fingerprint density at radius 3 is 2.62 bits per heavy atom. The third-order valence-electron chi connectivity index (χ3n) is 4.30. The predicted molar refractivity (Wildman–Crippen MR) is 83.2 cm³/mol. The summed E-state index contributed by atoms with van der Waals surface area (Å²) in [7, 11) is -2.83. The van der Waals surface area contributed by atoms with Crippen molar-refractivity contribution in [2.24, 2.45) is 0 Å². The largest absolute Gasteiger partial charge is 0.340 e. The zero-order valence-electron chi connectivity index (χ0n) is 11.9. The standard InChI is InChI=1S/C14H20N2O3S2/c17-14(10-13-2-1-8-20-13)16-6-4-15(5-7-16)12-3-9-21(18,19)11-12/h1-2,8,12H,3-7,9-11H2. The van der Waals surface area contributed by atoms with Gasteiger partial charge in [-0.2, -0.15) is 0 Å². The Bertz CT molecular complexity index is 590. The molecular formula is C14H20N2O3S2. The van der Waals surface area contributed by atoms with Gasteiger partial charge in [0, 0.05) is 37.1 Å². The maximum absolute atomic E-state index is 12.2. The second-order valence-electron chi connectivity index (χ2n) is 5.73. The van der Waals surface area contributed by atoms with Gasteiger partial charge in [-0.3, -0.25) is 9.69 Å². The fraction of sp³-hybridized carbons (Fsp3) is 0.643. The first-order valence-electron chi connectivity index (χ1n) is 7.28. The van der Waals surface area contributed by atoms with E-state index in [1.807, 2.05) is 22.4 Å². The van der Waals surface area contributed by atoms with Gasteiger partial charge in [0.05, 0.1) is 17.9 Å². The highest BCUT2D eigenvalue weighted by Gasteiger charge is 2.34. The molecule has 1 amide bonds. The number of rotatable bonds is 3. The summed E-state index contributed by atoms with van der Waals surface area (Å²) >= 11 is 1.61. The Kier molecular flexibility index (Phi) is 4.33. The summed E-state index contributed by atoms with van der Waals surface area (Å²) in [5, 5.41) is 1.99. The topological polar surface area (TPSA) is 57.7 Å². The molecule has 2 aliphatic heterocycles. The third-order valence-corrected chi connectivity index (χ3v) is 6.92. The van der Waals surface area contributed by atoms with E-state index in [0.29, 0.717) is 25.3 Å². The lowest BCUT2D eigenvalue weighted by molar-refractivity contribution is -0.132. The molecule has 2 fully saturated rings. The molecule has 0 saturated carbocycles. The second kappa shape index (κ2) is 6.06. The number of carbonyl (C=O) groups is 1. The summed E-state index contributed by atoms with van der Waals surface area (Å²) in [6.45, 7) is 2.99. The molecule has 0 aliphatic carbocycles. The Labute approximate surface area is 129 Å². The van der Waals surface area contributed by atoms with Crippen molar-refractivity contribution in [1.82, 2.24) is 9.80 Å². The van der Waals surface area contributed by atoms with E-state index >= 15 is 0 Å². The van der Waals surface area contributed by atoms with Gasteiger partial charge in [0.25, 0.3) is 0 Å². The van der Waals surface area contributed by atoms with Crippen molar-refractivity contribution in [3.63, 3.8) is 0 Å². The lowest BCUT2D eigenvalue weighted by atomic mass is 10.2. The first-order valence-corrected chi connectivity index (χ1v) is 9.98. The minimum atomic E-state index is -2.83. The highest BCUT2D eigenvalue weighted by Crippen LogP contribution is 2.19.